The Balaban J connectivity index is 0.975. The predicted octanol–water partition coefficient (Wildman–Crippen LogP) is 16.5. The first-order valence-electron chi connectivity index (χ1n) is 22.3. The zero-order chi connectivity index (χ0) is 40.3. The average Bonchev–Trinajstić information content (AvgIpc) is 3.34. The van der Waals surface area contributed by atoms with Crippen LogP contribution in [-0.2, 0) is 25.7 Å². The van der Waals surface area contributed by atoms with Gasteiger partial charge in [-0.25, -0.2) is 0 Å². The maximum Gasteiger partial charge on any atom is 0.0462 e. The van der Waals surface area contributed by atoms with Crippen LogP contribution in [0.15, 0.2) is 188 Å². The topological polar surface area (TPSA) is 3.24 Å². The summed E-state index contributed by atoms with van der Waals surface area (Å²) in [5.74, 6) is 0. The second kappa shape index (κ2) is 14.9. The molecule has 12 rings (SSSR count). The van der Waals surface area contributed by atoms with Crippen LogP contribution in [0.25, 0.3) is 76.8 Å². The fourth-order valence-electron chi connectivity index (χ4n) is 11.0. The van der Waals surface area contributed by atoms with Crippen molar-refractivity contribution >= 4 is 49.4 Å². The molecule has 1 heteroatoms. The molecule has 0 spiro atoms. The van der Waals surface area contributed by atoms with Crippen molar-refractivity contribution in [1.29, 1.82) is 0 Å². The van der Waals surface area contributed by atoms with Crippen LogP contribution in [0, 0.1) is 0 Å². The maximum absolute atomic E-state index is 2.52. The number of benzene rings is 10. The van der Waals surface area contributed by atoms with Crippen LogP contribution in [0.5, 0.6) is 0 Å². The first kappa shape index (κ1) is 35.9. The van der Waals surface area contributed by atoms with Crippen LogP contribution >= 0.6 is 0 Å². The summed E-state index contributed by atoms with van der Waals surface area (Å²) < 4.78 is 0. The van der Waals surface area contributed by atoms with Gasteiger partial charge in [0, 0.05) is 17.1 Å². The highest BCUT2D eigenvalue weighted by Gasteiger charge is 2.29. The SMILES string of the molecule is c1ccc(-c2ccc(N(c3ccc(-c4ccccc4)cc3)c3ccc(-c4c5c(c(-c6cc7ccc8cccc9ccc(c6)c7c89)c6c4CCCC6)CCCC5)cc3)cc2)cc1. The third-order valence-corrected chi connectivity index (χ3v) is 13.8. The van der Waals surface area contributed by atoms with Crippen molar-refractivity contribution in [1.82, 2.24) is 0 Å². The number of fused-ring (bicyclic) bond motifs is 2. The van der Waals surface area contributed by atoms with Gasteiger partial charge in [0.15, 0.2) is 0 Å². The van der Waals surface area contributed by atoms with Gasteiger partial charge in [0.2, 0.25) is 0 Å². The summed E-state index contributed by atoms with van der Waals surface area (Å²) in [7, 11) is 0. The van der Waals surface area contributed by atoms with Gasteiger partial charge in [-0.15, -0.1) is 0 Å². The number of hydrogen-bond donors (Lipinski definition) is 0. The van der Waals surface area contributed by atoms with E-state index < -0.39 is 0 Å². The molecule has 0 atom stereocenters. The fraction of sp³-hybridized carbons (Fsp3) is 0.133. The summed E-state index contributed by atoms with van der Waals surface area (Å²) in [6.07, 6.45) is 9.62. The van der Waals surface area contributed by atoms with Crippen molar-refractivity contribution in [3.8, 4) is 44.5 Å². The fourth-order valence-corrected chi connectivity index (χ4v) is 11.0. The Labute approximate surface area is 358 Å². The summed E-state index contributed by atoms with van der Waals surface area (Å²) in [6, 6.07) is 70.1. The lowest BCUT2D eigenvalue weighted by Crippen LogP contribution is -2.16. The standard InChI is InChI=1S/C60H47N/c1-3-12-40(13-4-1)42-26-32-50(33-27-42)61(51-34-28-43(29-35-51)41-14-5-2-6-15-41)52-36-30-46(31-37-52)59-53-18-7-9-20-55(53)60(56-21-10-8-19-54(56)59)49-38-47-24-22-44-16-11-17-45-23-25-48(39-49)58(47)57(44)45/h1-6,11-17,22-39H,7-10,18-21H2. The third kappa shape index (κ3) is 6.22. The number of hydrogen-bond acceptors (Lipinski definition) is 1. The summed E-state index contributed by atoms with van der Waals surface area (Å²) in [5.41, 5.74) is 20.6. The molecular formula is C60H47N. The van der Waals surface area contributed by atoms with Gasteiger partial charge in [-0.1, -0.05) is 140 Å². The van der Waals surface area contributed by atoms with Gasteiger partial charge < -0.3 is 4.90 Å². The van der Waals surface area contributed by atoms with Gasteiger partial charge >= 0.3 is 0 Å². The van der Waals surface area contributed by atoms with E-state index in [2.05, 4.69) is 193 Å². The van der Waals surface area contributed by atoms with E-state index >= 15 is 0 Å². The molecule has 0 amide bonds. The molecule has 0 heterocycles. The predicted molar refractivity (Wildman–Crippen MR) is 260 cm³/mol. The zero-order valence-corrected chi connectivity index (χ0v) is 34.5. The molecule has 0 saturated heterocycles. The van der Waals surface area contributed by atoms with Gasteiger partial charge in [0.1, 0.15) is 0 Å². The van der Waals surface area contributed by atoms with Gasteiger partial charge in [-0.2, -0.15) is 0 Å². The summed E-state index contributed by atoms with van der Waals surface area (Å²) in [4.78, 5) is 2.41. The molecule has 0 aliphatic heterocycles. The average molecular weight is 782 g/mol. The van der Waals surface area contributed by atoms with Crippen molar-refractivity contribution in [3.05, 3.63) is 210 Å². The maximum atomic E-state index is 2.52. The molecule has 10 aromatic carbocycles. The lowest BCUT2D eigenvalue weighted by atomic mass is 9.72. The number of nitrogens with zero attached hydrogens (tertiary/aromatic N) is 1. The zero-order valence-electron chi connectivity index (χ0n) is 34.5. The van der Waals surface area contributed by atoms with Crippen LogP contribution < -0.4 is 4.90 Å². The molecule has 0 unspecified atom stereocenters. The molecule has 1 nitrogen and oxygen atoms in total. The van der Waals surface area contributed by atoms with E-state index in [-0.39, 0.29) is 0 Å². The van der Waals surface area contributed by atoms with Crippen LogP contribution in [0.3, 0.4) is 0 Å². The Morgan fingerprint density at radius 1 is 0.262 bits per heavy atom. The van der Waals surface area contributed by atoms with E-state index in [4.69, 9.17) is 0 Å². The molecule has 292 valence electrons. The monoisotopic (exact) mass is 781 g/mol. The van der Waals surface area contributed by atoms with E-state index in [0.717, 1.165) is 42.7 Å². The molecule has 2 aliphatic rings. The van der Waals surface area contributed by atoms with E-state index in [9.17, 15) is 0 Å². The largest absolute Gasteiger partial charge is 0.311 e. The van der Waals surface area contributed by atoms with Crippen LogP contribution in [0.2, 0.25) is 0 Å². The van der Waals surface area contributed by atoms with Crippen LogP contribution in [0.4, 0.5) is 17.1 Å². The normalized spacial score (nSPS) is 13.7. The highest BCUT2D eigenvalue weighted by molar-refractivity contribution is 6.23. The van der Waals surface area contributed by atoms with Crippen molar-refractivity contribution in [3.63, 3.8) is 0 Å². The molecule has 61 heavy (non-hydrogen) atoms. The molecule has 0 bridgehead atoms. The first-order valence-corrected chi connectivity index (χ1v) is 22.3. The molecule has 0 N–H and O–H groups in total. The third-order valence-electron chi connectivity index (χ3n) is 13.8. The smallest absolute Gasteiger partial charge is 0.0462 e. The number of anilines is 3. The molecular weight excluding hydrogens is 735 g/mol. The Morgan fingerprint density at radius 2 is 0.607 bits per heavy atom. The molecule has 0 fully saturated rings. The highest BCUT2D eigenvalue weighted by Crippen LogP contribution is 2.48. The quantitative estimate of drug-likeness (QED) is 0.146. The van der Waals surface area contributed by atoms with Gasteiger partial charge in [0.25, 0.3) is 0 Å². The molecule has 0 aromatic heterocycles. The van der Waals surface area contributed by atoms with E-state index in [0.29, 0.717) is 0 Å². The second-order valence-corrected chi connectivity index (χ2v) is 17.3. The molecule has 0 radical (unpaired) electrons. The molecule has 2 aliphatic carbocycles. The second-order valence-electron chi connectivity index (χ2n) is 17.3. The van der Waals surface area contributed by atoms with Crippen molar-refractivity contribution in [2.45, 2.75) is 51.4 Å². The van der Waals surface area contributed by atoms with Crippen molar-refractivity contribution < 1.29 is 0 Å². The summed E-state index contributed by atoms with van der Waals surface area (Å²) >= 11 is 0. The first-order chi connectivity index (χ1) is 30.2. The van der Waals surface area contributed by atoms with Crippen LogP contribution in [0.1, 0.15) is 47.9 Å². The summed E-state index contributed by atoms with van der Waals surface area (Å²) in [6.45, 7) is 0. The molecule has 10 aromatic rings. The highest BCUT2D eigenvalue weighted by atomic mass is 15.1. The van der Waals surface area contributed by atoms with Crippen molar-refractivity contribution in [2.24, 2.45) is 0 Å². The minimum absolute atomic E-state index is 1.15. The van der Waals surface area contributed by atoms with E-state index in [1.165, 1.54) is 96.9 Å². The van der Waals surface area contributed by atoms with Gasteiger partial charge in [-0.3, -0.25) is 0 Å². The van der Waals surface area contributed by atoms with Gasteiger partial charge in [-0.05, 0) is 199 Å². The Kier molecular flexibility index (Phi) is 8.80. The minimum atomic E-state index is 1.15. The van der Waals surface area contributed by atoms with E-state index in [1.54, 1.807) is 27.8 Å². The minimum Gasteiger partial charge on any atom is -0.311 e. The molecule has 0 saturated carbocycles. The Bertz CT molecular complexity index is 3010. The van der Waals surface area contributed by atoms with Crippen molar-refractivity contribution in [2.75, 3.05) is 4.90 Å². The number of rotatable bonds is 7. The lowest BCUT2D eigenvalue weighted by Gasteiger charge is -2.32. The van der Waals surface area contributed by atoms with Gasteiger partial charge in [0.05, 0.1) is 0 Å². The lowest BCUT2D eigenvalue weighted by molar-refractivity contribution is 0.663. The van der Waals surface area contributed by atoms with E-state index in [1.807, 2.05) is 0 Å². The Morgan fingerprint density at radius 3 is 1.03 bits per heavy atom. The summed E-state index contributed by atoms with van der Waals surface area (Å²) in [5, 5.41) is 8.20. The van der Waals surface area contributed by atoms with Crippen LogP contribution in [-0.4, -0.2) is 0 Å². The Hall–Kier alpha value is -6.96.